The Kier molecular flexibility index (Phi) is 6.83. The molecule has 0 spiro atoms. The molecule has 0 bridgehead atoms. The van der Waals surface area contributed by atoms with Crippen LogP contribution in [-0.2, 0) is 0 Å². The van der Waals surface area contributed by atoms with E-state index in [1.54, 1.807) is 0 Å². The minimum absolute atomic E-state index is 0.194. The summed E-state index contributed by atoms with van der Waals surface area (Å²) < 4.78 is 29.9. The molecule has 0 aliphatic carbocycles. The first-order chi connectivity index (χ1) is 14.8. The van der Waals surface area contributed by atoms with E-state index in [-0.39, 0.29) is 12.6 Å². The molecule has 1 saturated heterocycles. The highest BCUT2D eigenvalue weighted by atomic mass is 19.1. The van der Waals surface area contributed by atoms with Gasteiger partial charge >= 0.3 is 0 Å². The lowest BCUT2D eigenvalue weighted by Crippen LogP contribution is -2.38. The van der Waals surface area contributed by atoms with Gasteiger partial charge in [-0.15, -0.1) is 0 Å². The van der Waals surface area contributed by atoms with E-state index in [0.717, 1.165) is 36.8 Å². The lowest BCUT2D eigenvalue weighted by Gasteiger charge is -2.32. The summed E-state index contributed by atoms with van der Waals surface area (Å²) in [7, 11) is 0. The molecule has 1 fully saturated rings. The standard InChI is InChI=1S/C19H20FNO3.C6H6/c20-15-3-1-13(2-4-15)17-7-8-21-10-14(17)11-22-16-5-6-18-19(9-16)24-12-23-18;1-2-4-6-5-3-1/h1-6,9,14,17,21H,7-8,10-12H2;1-6H/t14-,17-;/m0./s1. The molecule has 0 saturated carbocycles. The number of piperidine rings is 1. The van der Waals surface area contributed by atoms with E-state index in [1.165, 1.54) is 17.7 Å². The second-order valence-electron chi connectivity index (χ2n) is 7.39. The smallest absolute Gasteiger partial charge is 0.231 e. The maximum atomic E-state index is 13.2. The topological polar surface area (TPSA) is 39.7 Å². The monoisotopic (exact) mass is 407 g/mol. The van der Waals surface area contributed by atoms with Gasteiger partial charge in [-0.1, -0.05) is 48.5 Å². The summed E-state index contributed by atoms with van der Waals surface area (Å²) in [4.78, 5) is 0. The van der Waals surface area contributed by atoms with Gasteiger partial charge in [-0.2, -0.15) is 0 Å². The number of halogens is 1. The van der Waals surface area contributed by atoms with E-state index in [1.807, 2.05) is 66.7 Å². The Hall–Kier alpha value is -3.05. The fourth-order valence-corrected chi connectivity index (χ4v) is 3.80. The largest absolute Gasteiger partial charge is 0.493 e. The molecule has 0 radical (unpaired) electrons. The molecule has 4 nitrogen and oxygen atoms in total. The fourth-order valence-electron chi connectivity index (χ4n) is 3.80. The second-order valence-corrected chi connectivity index (χ2v) is 7.39. The van der Waals surface area contributed by atoms with Crippen molar-refractivity contribution in [1.29, 1.82) is 0 Å². The van der Waals surface area contributed by atoms with E-state index in [9.17, 15) is 4.39 Å². The van der Waals surface area contributed by atoms with Crippen molar-refractivity contribution in [3.63, 3.8) is 0 Å². The second kappa shape index (κ2) is 10.1. The Balaban J connectivity index is 0.000000313. The Labute approximate surface area is 176 Å². The number of fused-ring (bicyclic) bond motifs is 1. The molecule has 2 atom stereocenters. The molecule has 1 N–H and O–H groups in total. The van der Waals surface area contributed by atoms with Crippen LogP contribution in [-0.4, -0.2) is 26.5 Å². The zero-order valence-electron chi connectivity index (χ0n) is 16.8. The van der Waals surface area contributed by atoms with Gasteiger partial charge in [0.2, 0.25) is 6.79 Å². The van der Waals surface area contributed by atoms with Crippen molar-refractivity contribution in [3.8, 4) is 17.2 Å². The van der Waals surface area contributed by atoms with Crippen LogP contribution in [0, 0.1) is 11.7 Å². The first-order valence-electron chi connectivity index (χ1n) is 10.3. The SMILES string of the molecule is Fc1ccc([C@@H]2CCNC[C@H]2COc2ccc3c(c2)OCO3)cc1.c1ccccc1. The summed E-state index contributed by atoms with van der Waals surface area (Å²) >= 11 is 0. The van der Waals surface area contributed by atoms with Crippen molar-refractivity contribution in [3.05, 3.63) is 90.2 Å². The molecule has 2 heterocycles. The highest BCUT2D eigenvalue weighted by Crippen LogP contribution is 2.36. The Morgan fingerprint density at radius 3 is 2.33 bits per heavy atom. The summed E-state index contributed by atoms with van der Waals surface area (Å²) in [5.41, 5.74) is 1.18. The highest BCUT2D eigenvalue weighted by molar-refractivity contribution is 5.46. The van der Waals surface area contributed by atoms with Crippen LogP contribution in [0.15, 0.2) is 78.9 Å². The van der Waals surface area contributed by atoms with Gasteiger partial charge in [-0.3, -0.25) is 0 Å². The Bertz CT molecular complexity index is 891. The predicted molar refractivity (Wildman–Crippen MR) is 115 cm³/mol. The third-order valence-corrected chi connectivity index (χ3v) is 5.38. The van der Waals surface area contributed by atoms with Crippen LogP contribution < -0.4 is 19.5 Å². The summed E-state index contributed by atoms with van der Waals surface area (Å²) in [5.74, 6) is 2.79. The minimum atomic E-state index is -0.194. The molecule has 0 amide bonds. The molecule has 2 aliphatic heterocycles. The number of hydrogen-bond acceptors (Lipinski definition) is 4. The normalized spacial score (nSPS) is 19.5. The number of nitrogens with one attached hydrogen (secondary N) is 1. The van der Waals surface area contributed by atoms with Crippen molar-refractivity contribution < 1.29 is 18.6 Å². The van der Waals surface area contributed by atoms with Crippen molar-refractivity contribution >= 4 is 0 Å². The minimum Gasteiger partial charge on any atom is -0.493 e. The molecule has 3 aromatic rings. The molecular formula is C25H26FNO3. The zero-order chi connectivity index (χ0) is 20.6. The summed E-state index contributed by atoms with van der Waals surface area (Å²) in [6.45, 7) is 2.74. The summed E-state index contributed by atoms with van der Waals surface area (Å²) in [5, 5.41) is 3.43. The van der Waals surface area contributed by atoms with Gasteiger partial charge in [0.1, 0.15) is 11.6 Å². The van der Waals surface area contributed by atoms with Gasteiger partial charge in [-0.25, -0.2) is 4.39 Å². The van der Waals surface area contributed by atoms with Crippen molar-refractivity contribution in [1.82, 2.24) is 5.32 Å². The molecule has 5 rings (SSSR count). The Morgan fingerprint density at radius 1 is 0.900 bits per heavy atom. The van der Waals surface area contributed by atoms with Crippen LogP contribution in [0.2, 0.25) is 0 Å². The number of ether oxygens (including phenoxy) is 3. The summed E-state index contributed by atoms with van der Waals surface area (Å²) in [6, 6.07) is 24.5. The van der Waals surface area contributed by atoms with Crippen LogP contribution in [0.4, 0.5) is 4.39 Å². The number of benzene rings is 3. The number of rotatable bonds is 4. The third-order valence-electron chi connectivity index (χ3n) is 5.38. The number of hydrogen-bond donors (Lipinski definition) is 1. The van der Waals surface area contributed by atoms with Crippen LogP contribution in [0.3, 0.4) is 0 Å². The third kappa shape index (κ3) is 5.30. The average Bonchev–Trinajstić information content (AvgIpc) is 3.28. The van der Waals surface area contributed by atoms with Gasteiger partial charge in [0, 0.05) is 18.5 Å². The predicted octanol–water partition coefficient (Wildman–Crippen LogP) is 5.01. The molecule has 0 aromatic heterocycles. The zero-order valence-corrected chi connectivity index (χ0v) is 16.8. The lowest BCUT2D eigenvalue weighted by atomic mass is 9.81. The van der Waals surface area contributed by atoms with E-state index in [0.29, 0.717) is 18.4 Å². The molecule has 5 heteroatoms. The average molecular weight is 407 g/mol. The van der Waals surface area contributed by atoms with Crippen LogP contribution in [0.25, 0.3) is 0 Å². The quantitative estimate of drug-likeness (QED) is 0.660. The molecule has 2 aliphatic rings. The van der Waals surface area contributed by atoms with E-state index in [4.69, 9.17) is 14.2 Å². The van der Waals surface area contributed by atoms with Gasteiger partial charge < -0.3 is 19.5 Å². The van der Waals surface area contributed by atoms with Crippen LogP contribution in [0.1, 0.15) is 17.9 Å². The van der Waals surface area contributed by atoms with Crippen molar-refractivity contribution in [2.24, 2.45) is 5.92 Å². The van der Waals surface area contributed by atoms with Gasteiger partial charge in [0.25, 0.3) is 0 Å². The molecule has 156 valence electrons. The van der Waals surface area contributed by atoms with Crippen LogP contribution >= 0.6 is 0 Å². The first kappa shape index (κ1) is 20.2. The van der Waals surface area contributed by atoms with Gasteiger partial charge in [-0.05, 0) is 48.7 Å². The fraction of sp³-hybridized carbons (Fsp3) is 0.280. The maximum absolute atomic E-state index is 13.2. The van der Waals surface area contributed by atoms with Crippen LogP contribution in [0.5, 0.6) is 17.2 Å². The molecule has 0 unspecified atom stereocenters. The highest BCUT2D eigenvalue weighted by Gasteiger charge is 2.27. The lowest BCUT2D eigenvalue weighted by molar-refractivity contribution is 0.173. The van der Waals surface area contributed by atoms with E-state index in [2.05, 4.69) is 5.32 Å². The Morgan fingerprint density at radius 2 is 1.60 bits per heavy atom. The van der Waals surface area contributed by atoms with E-state index < -0.39 is 0 Å². The van der Waals surface area contributed by atoms with Gasteiger partial charge in [0.05, 0.1) is 6.61 Å². The molecule has 30 heavy (non-hydrogen) atoms. The maximum Gasteiger partial charge on any atom is 0.231 e. The van der Waals surface area contributed by atoms with Crippen molar-refractivity contribution in [2.75, 3.05) is 26.5 Å². The van der Waals surface area contributed by atoms with Gasteiger partial charge in [0.15, 0.2) is 11.5 Å². The summed E-state index contributed by atoms with van der Waals surface area (Å²) in [6.07, 6.45) is 1.03. The molecule has 3 aromatic carbocycles. The van der Waals surface area contributed by atoms with Crippen molar-refractivity contribution in [2.45, 2.75) is 12.3 Å². The van der Waals surface area contributed by atoms with E-state index >= 15 is 0 Å². The molecular weight excluding hydrogens is 381 g/mol. The first-order valence-corrected chi connectivity index (χ1v) is 10.3.